The Morgan fingerprint density at radius 2 is 2.27 bits per heavy atom. The molecule has 0 aromatic carbocycles. The third kappa shape index (κ3) is 1.27. The van der Waals surface area contributed by atoms with E-state index in [2.05, 4.69) is 18.2 Å². The zero-order valence-electron chi connectivity index (χ0n) is 6.86. The molecule has 11 heavy (non-hydrogen) atoms. The van der Waals surface area contributed by atoms with Crippen molar-refractivity contribution in [2.75, 3.05) is 0 Å². The Hall–Kier alpha value is -0.503. The summed E-state index contributed by atoms with van der Waals surface area (Å²) in [5, 5.41) is 0. The van der Waals surface area contributed by atoms with E-state index < -0.39 is 0 Å². The van der Waals surface area contributed by atoms with Crippen LogP contribution in [0.2, 0.25) is 0 Å². The van der Waals surface area contributed by atoms with Gasteiger partial charge in [-0.05, 0) is 36.7 Å². The summed E-state index contributed by atoms with van der Waals surface area (Å²) in [6.07, 6.45) is 11.6. The molecule has 0 aromatic heterocycles. The van der Waals surface area contributed by atoms with Crippen molar-refractivity contribution in [3.63, 3.8) is 0 Å². The van der Waals surface area contributed by atoms with Crippen LogP contribution in [-0.4, -0.2) is 10.5 Å². The van der Waals surface area contributed by atoms with Crippen LogP contribution in [0.4, 0.5) is 0 Å². The lowest BCUT2D eigenvalue weighted by molar-refractivity contribution is 0.496. The molecule has 2 heteroatoms. The van der Waals surface area contributed by atoms with E-state index in [4.69, 9.17) is 4.43 Å². The van der Waals surface area contributed by atoms with Gasteiger partial charge >= 0.3 is 0 Å². The summed E-state index contributed by atoms with van der Waals surface area (Å²) < 4.78 is 5.05. The molecule has 0 N–H and O–H groups in total. The third-order valence-corrected chi connectivity index (χ3v) is 3.06. The number of fused-ring (bicyclic) bond motifs is 2. The fraction of sp³-hybridized carbons (Fsp3) is 0.556. The molecule has 2 rings (SSSR count). The minimum atomic E-state index is 0.777. The highest BCUT2D eigenvalue weighted by molar-refractivity contribution is 5.98. The summed E-state index contributed by atoms with van der Waals surface area (Å²) >= 11 is 0. The van der Waals surface area contributed by atoms with Gasteiger partial charge in [-0.25, -0.2) is 0 Å². The summed E-state index contributed by atoms with van der Waals surface area (Å²) in [5.41, 5.74) is 0. The highest BCUT2D eigenvalue weighted by Gasteiger charge is 2.33. The number of rotatable bonds is 2. The topological polar surface area (TPSA) is 9.23 Å². The summed E-state index contributed by atoms with van der Waals surface area (Å²) in [6.45, 7) is 0. The van der Waals surface area contributed by atoms with Crippen LogP contribution < -0.4 is 0 Å². The van der Waals surface area contributed by atoms with Crippen molar-refractivity contribution in [1.82, 2.24) is 0 Å². The molecule has 1 nitrogen and oxygen atoms in total. The fourth-order valence-corrected chi connectivity index (χ4v) is 2.38. The lowest BCUT2D eigenvalue weighted by atomic mass is 9.94. The second-order valence-electron chi connectivity index (χ2n) is 3.51. The average Bonchev–Trinajstić information content (AvgIpc) is 2.60. The molecule has 60 valence electrons. The van der Waals surface area contributed by atoms with Crippen LogP contribution in [0, 0.1) is 17.8 Å². The van der Waals surface area contributed by atoms with Crippen molar-refractivity contribution in [1.29, 1.82) is 0 Å². The Labute approximate surface area is 70.7 Å². The molecular formula is C9H14OSi. The summed E-state index contributed by atoms with van der Waals surface area (Å²) in [4.78, 5) is 0. The van der Waals surface area contributed by atoms with Gasteiger partial charge in [0.15, 0.2) is 0 Å². The van der Waals surface area contributed by atoms with E-state index in [-0.39, 0.29) is 0 Å². The van der Waals surface area contributed by atoms with Crippen molar-refractivity contribution < 1.29 is 4.43 Å². The van der Waals surface area contributed by atoms with Crippen LogP contribution in [-0.2, 0) is 4.43 Å². The molecule has 0 amide bonds. The largest absolute Gasteiger partial charge is 0.559 e. The van der Waals surface area contributed by atoms with E-state index in [0.29, 0.717) is 0 Å². The third-order valence-electron chi connectivity index (χ3n) is 2.79. The van der Waals surface area contributed by atoms with E-state index in [9.17, 15) is 0 Å². The first kappa shape index (κ1) is 7.16. The normalized spacial score (nSPS) is 40.9. The Morgan fingerprint density at radius 1 is 1.36 bits per heavy atom. The monoisotopic (exact) mass is 166 g/mol. The fourth-order valence-electron chi connectivity index (χ4n) is 2.22. The van der Waals surface area contributed by atoms with Crippen LogP contribution in [0.15, 0.2) is 24.5 Å². The Kier molecular flexibility index (Phi) is 1.86. The van der Waals surface area contributed by atoms with Gasteiger partial charge in [0.2, 0.25) is 10.5 Å². The summed E-state index contributed by atoms with van der Waals surface area (Å²) in [6, 6.07) is 0. The molecule has 0 saturated heterocycles. The van der Waals surface area contributed by atoms with Gasteiger partial charge < -0.3 is 4.43 Å². The molecule has 3 unspecified atom stereocenters. The average molecular weight is 166 g/mol. The van der Waals surface area contributed by atoms with Crippen molar-refractivity contribution in [2.24, 2.45) is 17.8 Å². The molecule has 1 saturated carbocycles. The molecule has 0 spiro atoms. The molecule has 2 bridgehead atoms. The molecule has 3 atom stereocenters. The molecule has 0 aliphatic heterocycles. The van der Waals surface area contributed by atoms with Crippen molar-refractivity contribution in [3.05, 3.63) is 24.5 Å². The van der Waals surface area contributed by atoms with Gasteiger partial charge in [-0.2, -0.15) is 0 Å². The minimum absolute atomic E-state index is 0.777. The maximum absolute atomic E-state index is 5.05. The van der Waals surface area contributed by atoms with E-state index >= 15 is 0 Å². The smallest absolute Gasteiger partial charge is 0.203 e. The maximum Gasteiger partial charge on any atom is 0.203 e. The van der Waals surface area contributed by atoms with E-state index in [1.165, 1.54) is 12.8 Å². The quantitative estimate of drug-likeness (QED) is 0.338. The lowest BCUT2D eigenvalue weighted by Gasteiger charge is -2.12. The Morgan fingerprint density at radius 3 is 2.82 bits per heavy atom. The SMILES string of the molecule is [SiH3]OC=CC1CC2C=CC1C2. The van der Waals surface area contributed by atoms with Crippen LogP contribution in [0.3, 0.4) is 0 Å². The van der Waals surface area contributed by atoms with Gasteiger partial charge in [0, 0.05) is 0 Å². The second-order valence-corrected chi connectivity index (χ2v) is 3.98. The predicted octanol–water partition coefficient (Wildman–Crippen LogP) is 1.01. The van der Waals surface area contributed by atoms with Crippen LogP contribution in [0.5, 0.6) is 0 Å². The molecule has 0 aromatic rings. The van der Waals surface area contributed by atoms with Gasteiger partial charge in [-0.1, -0.05) is 12.2 Å². The first-order chi connectivity index (χ1) is 5.40. The first-order valence-corrected chi connectivity index (χ1v) is 5.09. The molecule has 2 aliphatic rings. The zero-order valence-corrected chi connectivity index (χ0v) is 8.86. The van der Waals surface area contributed by atoms with Crippen LogP contribution in [0.25, 0.3) is 0 Å². The van der Waals surface area contributed by atoms with Gasteiger partial charge in [-0.3, -0.25) is 0 Å². The van der Waals surface area contributed by atoms with E-state index in [1.54, 1.807) is 0 Å². The van der Waals surface area contributed by atoms with Gasteiger partial charge in [0.1, 0.15) is 0 Å². The lowest BCUT2D eigenvalue weighted by Crippen LogP contribution is -2.02. The van der Waals surface area contributed by atoms with Gasteiger partial charge in [0.05, 0.1) is 6.26 Å². The van der Waals surface area contributed by atoms with E-state index in [1.807, 2.05) is 6.26 Å². The number of hydrogen-bond donors (Lipinski definition) is 0. The van der Waals surface area contributed by atoms with Crippen LogP contribution in [0.1, 0.15) is 12.8 Å². The van der Waals surface area contributed by atoms with Crippen molar-refractivity contribution in [3.8, 4) is 0 Å². The molecule has 0 radical (unpaired) electrons. The van der Waals surface area contributed by atoms with Crippen LogP contribution >= 0.6 is 0 Å². The molecule has 0 heterocycles. The zero-order chi connectivity index (χ0) is 7.68. The van der Waals surface area contributed by atoms with Gasteiger partial charge in [0.25, 0.3) is 0 Å². The van der Waals surface area contributed by atoms with Gasteiger partial charge in [-0.15, -0.1) is 0 Å². The number of hydrogen-bond acceptors (Lipinski definition) is 1. The number of allylic oxidation sites excluding steroid dienone is 3. The van der Waals surface area contributed by atoms with E-state index in [0.717, 1.165) is 28.2 Å². The summed E-state index contributed by atoms with van der Waals surface area (Å²) in [5.74, 6) is 2.48. The molecule has 1 fully saturated rings. The van der Waals surface area contributed by atoms with Crippen molar-refractivity contribution in [2.45, 2.75) is 12.8 Å². The highest BCUT2D eigenvalue weighted by atomic mass is 28.2. The molecule has 2 aliphatic carbocycles. The maximum atomic E-state index is 5.05. The first-order valence-electron chi connectivity index (χ1n) is 4.28. The predicted molar refractivity (Wildman–Crippen MR) is 49.0 cm³/mol. The standard InChI is InChI=1S/C9H14OSi/c11-10-4-3-9-6-7-1-2-8(9)5-7/h1-4,7-9H,5-6H2,11H3. The molecular weight excluding hydrogens is 152 g/mol. The second kappa shape index (κ2) is 2.86. The Bertz CT molecular complexity index is 198. The summed E-state index contributed by atoms with van der Waals surface area (Å²) in [7, 11) is 0.821. The highest BCUT2D eigenvalue weighted by Crippen LogP contribution is 2.43. The minimum Gasteiger partial charge on any atom is -0.559 e. The van der Waals surface area contributed by atoms with Crippen molar-refractivity contribution >= 4 is 10.5 Å². The Balaban J connectivity index is 1.98.